The van der Waals surface area contributed by atoms with Gasteiger partial charge in [-0.05, 0) is 68.5 Å². The van der Waals surface area contributed by atoms with Crippen molar-refractivity contribution >= 4 is 5.91 Å². The van der Waals surface area contributed by atoms with Crippen LogP contribution in [-0.2, 0) is 22.5 Å². The zero-order valence-corrected chi connectivity index (χ0v) is 20.2. The Hall–Kier alpha value is -3.19. The van der Waals surface area contributed by atoms with Crippen molar-refractivity contribution in [3.8, 4) is 17.3 Å². The quantitative estimate of drug-likeness (QED) is 0.398. The van der Waals surface area contributed by atoms with Gasteiger partial charge in [0, 0.05) is 19.1 Å². The second kappa shape index (κ2) is 10.6. The largest absolute Gasteiger partial charge is 0.439 e. The third kappa shape index (κ3) is 5.25. The predicted octanol–water partition coefficient (Wildman–Crippen LogP) is 5.67. The minimum atomic E-state index is -0.309. The lowest BCUT2D eigenvalue weighted by atomic mass is 9.84. The summed E-state index contributed by atoms with van der Waals surface area (Å²) in [6.07, 6.45) is 5.75. The van der Waals surface area contributed by atoms with Gasteiger partial charge in [-0.25, -0.2) is 9.07 Å². The molecule has 2 aromatic carbocycles. The van der Waals surface area contributed by atoms with E-state index in [1.165, 1.54) is 12.1 Å². The van der Waals surface area contributed by atoms with Crippen LogP contribution in [0.4, 0.5) is 4.39 Å². The van der Waals surface area contributed by atoms with Gasteiger partial charge in [-0.1, -0.05) is 31.5 Å². The van der Waals surface area contributed by atoms with E-state index in [4.69, 9.17) is 14.6 Å². The highest BCUT2D eigenvalue weighted by molar-refractivity contribution is 5.79. The van der Waals surface area contributed by atoms with Gasteiger partial charge in [0.1, 0.15) is 11.6 Å². The highest BCUT2D eigenvalue weighted by Gasteiger charge is 2.33. The third-order valence-electron chi connectivity index (χ3n) is 6.95. The van der Waals surface area contributed by atoms with Crippen molar-refractivity contribution < 1.29 is 18.7 Å². The first-order valence-corrected chi connectivity index (χ1v) is 12.6. The fourth-order valence-electron chi connectivity index (χ4n) is 4.75. The Morgan fingerprint density at radius 1 is 1.11 bits per heavy atom. The average molecular weight is 478 g/mol. The van der Waals surface area contributed by atoms with E-state index < -0.39 is 0 Å². The van der Waals surface area contributed by atoms with E-state index in [2.05, 4.69) is 0 Å². The van der Waals surface area contributed by atoms with E-state index in [9.17, 15) is 9.18 Å². The van der Waals surface area contributed by atoms with Crippen molar-refractivity contribution in [1.82, 2.24) is 14.7 Å². The van der Waals surface area contributed by atoms with Gasteiger partial charge in [0.2, 0.25) is 11.8 Å². The van der Waals surface area contributed by atoms with Gasteiger partial charge in [0.05, 0.1) is 29.6 Å². The molecule has 1 atom stereocenters. The summed E-state index contributed by atoms with van der Waals surface area (Å²) >= 11 is 0. The van der Waals surface area contributed by atoms with E-state index in [1.54, 1.807) is 16.8 Å². The maximum Gasteiger partial charge on any atom is 0.227 e. The van der Waals surface area contributed by atoms with Crippen molar-refractivity contribution in [2.24, 2.45) is 5.92 Å². The zero-order valence-electron chi connectivity index (χ0n) is 20.2. The Morgan fingerprint density at radius 3 is 2.51 bits per heavy atom. The lowest BCUT2D eigenvalue weighted by Crippen LogP contribution is -2.42. The Morgan fingerprint density at radius 2 is 1.89 bits per heavy atom. The molecule has 1 aliphatic carbocycles. The van der Waals surface area contributed by atoms with Crippen molar-refractivity contribution in [2.75, 3.05) is 13.2 Å². The second-order valence-electron chi connectivity index (χ2n) is 9.37. The number of aryl methyl sites for hydroxylation is 1. The molecule has 0 radical (unpaired) electrons. The maximum absolute atomic E-state index is 13.7. The van der Waals surface area contributed by atoms with Gasteiger partial charge < -0.3 is 14.4 Å². The number of benzene rings is 2. The first-order chi connectivity index (χ1) is 17.1. The fourth-order valence-corrected chi connectivity index (χ4v) is 4.75. The molecular weight excluding hydrogens is 445 g/mol. The van der Waals surface area contributed by atoms with Gasteiger partial charge in [0.25, 0.3) is 0 Å². The molecule has 1 saturated carbocycles. The molecule has 1 unspecified atom stereocenters. The van der Waals surface area contributed by atoms with Crippen molar-refractivity contribution in [1.29, 1.82) is 0 Å². The van der Waals surface area contributed by atoms with E-state index in [1.807, 2.05) is 42.2 Å². The summed E-state index contributed by atoms with van der Waals surface area (Å²) in [6.45, 7) is 3.78. The molecule has 1 amide bonds. The molecule has 1 aromatic heterocycles. The van der Waals surface area contributed by atoms with Gasteiger partial charge in [-0.15, -0.1) is 0 Å². The van der Waals surface area contributed by atoms with E-state index in [0.29, 0.717) is 36.8 Å². The number of rotatable bonds is 9. The maximum atomic E-state index is 13.7. The van der Waals surface area contributed by atoms with Gasteiger partial charge in [-0.2, -0.15) is 5.10 Å². The van der Waals surface area contributed by atoms with Crippen molar-refractivity contribution in [3.63, 3.8) is 0 Å². The molecule has 1 aliphatic heterocycles. The van der Waals surface area contributed by atoms with Crippen LogP contribution in [0.15, 0.2) is 54.6 Å². The summed E-state index contributed by atoms with van der Waals surface area (Å²) in [5.41, 5.74) is 2.44. The van der Waals surface area contributed by atoms with Gasteiger partial charge >= 0.3 is 0 Å². The Kier molecular flexibility index (Phi) is 7.13. The number of carbonyl (C=O) groups is 1. The number of para-hydroxylation sites is 1. The van der Waals surface area contributed by atoms with Crippen molar-refractivity contribution in [2.45, 2.75) is 58.1 Å². The van der Waals surface area contributed by atoms with Crippen LogP contribution in [-0.4, -0.2) is 39.8 Å². The molecule has 3 aromatic rings. The number of hydrogen-bond donors (Lipinski definition) is 0. The Bertz CT molecular complexity index is 1140. The van der Waals surface area contributed by atoms with Crippen LogP contribution in [0, 0.1) is 11.7 Å². The first-order valence-electron chi connectivity index (χ1n) is 12.6. The minimum Gasteiger partial charge on any atom is -0.439 e. The number of nitrogens with zero attached hydrogens (tertiary/aromatic N) is 3. The Labute approximate surface area is 205 Å². The summed E-state index contributed by atoms with van der Waals surface area (Å²) < 4.78 is 27.7. The molecule has 184 valence electrons. The summed E-state index contributed by atoms with van der Waals surface area (Å²) in [5.74, 6) is 1.20. The van der Waals surface area contributed by atoms with Crippen LogP contribution in [0.3, 0.4) is 0 Å². The molecule has 7 heteroatoms. The summed E-state index contributed by atoms with van der Waals surface area (Å²) in [6, 6.07) is 15.7. The van der Waals surface area contributed by atoms with Gasteiger partial charge in [-0.3, -0.25) is 4.79 Å². The standard InChI is InChI=1S/C28H32FN3O3/c1-2-26-25(19-31(18-24-12-7-17-34-24)27(33)20-8-6-9-20)28(35-23-10-4-3-5-11-23)32(30-26)22-15-13-21(29)14-16-22/h3-5,10-11,13-16,20,24H,2,6-9,12,17-19H2,1H3. The number of halogens is 1. The van der Waals surface area contributed by atoms with Crippen LogP contribution >= 0.6 is 0 Å². The molecular formula is C28H32FN3O3. The number of aromatic nitrogens is 2. The lowest BCUT2D eigenvalue weighted by molar-refractivity contribution is -0.140. The topological polar surface area (TPSA) is 56.6 Å². The Balaban J connectivity index is 1.54. The molecule has 0 bridgehead atoms. The highest BCUT2D eigenvalue weighted by atomic mass is 19.1. The lowest BCUT2D eigenvalue weighted by Gasteiger charge is -2.33. The van der Waals surface area contributed by atoms with Crippen LogP contribution in [0.1, 0.15) is 50.3 Å². The second-order valence-corrected chi connectivity index (χ2v) is 9.37. The molecule has 35 heavy (non-hydrogen) atoms. The molecule has 5 rings (SSSR count). The van der Waals surface area contributed by atoms with Crippen LogP contribution in [0.5, 0.6) is 11.6 Å². The number of carbonyl (C=O) groups excluding carboxylic acids is 1. The minimum absolute atomic E-state index is 0.0646. The predicted molar refractivity (Wildman–Crippen MR) is 131 cm³/mol. The number of amides is 1. The van der Waals surface area contributed by atoms with E-state index in [0.717, 1.165) is 50.0 Å². The van der Waals surface area contributed by atoms with E-state index in [-0.39, 0.29) is 23.7 Å². The normalized spacial score (nSPS) is 17.8. The monoisotopic (exact) mass is 477 g/mol. The van der Waals surface area contributed by atoms with E-state index >= 15 is 0 Å². The van der Waals surface area contributed by atoms with Crippen LogP contribution in [0.25, 0.3) is 5.69 Å². The summed E-state index contributed by atoms with van der Waals surface area (Å²) in [5, 5.41) is 4.85. The fraction of sp³-hybridized carbons (Fsp3) is 0.429. The number of ether oxygens (including phenoxy) is 2. The van der Waals surface area contributed by atoms with Crippen LogP contribution in [0.2, 0.25) is 0 Å². The van der Waals surface area contributed by atoms with Crippen LogP contribution < -0.4 is 4.74 Å². The molecule has 0 N–H and O–H groups in total. The molecule has 6 nitrogen and oxygen atoms in total. The molecule has 2 fully saturated rings. The molecule has 2 heterocycles. The smallest absolute Gasteiger partial charge is 0.227 e. The molecule has 1 saturated heterocycles. The summed E-state index contributed by atoms with van der Waals surface area (Å²) in [4.78, 5) is 15.4. The molecule has 2 aliphatic rings. The number of hydrogen-bond acceptors (Lipinski definition) is 4. The third-order valence-corrected chi connectivity index (χ3v) is 6.95. The van der Waals surface area contributed by atoms with Crippen molar-refractivity contribution in [3.05, 3.63) is 71.7 Å². The SMILES string of the molecule is CCc1nn(-c2ccc(F)cc2)c(Oc2ccccc2)c1CN(CC1CCCO1)C(=O)C1CCC1. The first kappa shape index (κ1) is 23.5. The summed E-state index contributed by atoms with van der Waals surface area (Å²) in [7, 11) is 0. The average Bonchev–Trinajstić information content (AvgIpc) is 3.47. The van der Waals surface area contributed by atoms with Gasteiger partial charge in [0.15, 0.2) is 0 Å². The molecule has 0 spiro atoms. The zero-order chi connectivity index (χ0) is 24.2. The highest BCUT2D eigenvalue weighted by Crippen LogP contribution is 2.34.